The van der Waals surface area contributed by atoms with Gasteiger partial charge in [-0.25, -0.2) is 4.39 Å². The van der Waals surface area contributed by atoms with E-state index in [-0.39, 0.29) is 5.82 Å². The van der Waals surface area contributed by atoms with Gasteiger partial charge in [0.1, 0.15) is 5.82 Å². The maximum atomic E-state index is 13.1. The number of hydrogen-bond donors (Lipinski definition) is 1. The topological polar surface area (TPSA) is 43.1 Å². The molecule has 18 heavy (non-hydrogen) atoms. The molecule has 94 valence electrons. The average molecular weight is 328 g/mol. The van der Waals surface area contributed by atoms with Crippen LogP contribution in [0.1, 0.15) is 5.56 Å². The van der Waals surface area contributed by atoms with E-state index < -0.39 is 10.8 Å². The van der Waals surface area contributed by atoms with E-state index in [9.17, 15) is 8.60 Å². The molecule has 0 saturated heterocycles. The van der Waals surface area contributed by atoms with Crippen LogP contribution in [0.4, 0.5) is 10.1 Å². The molecule has 0 saturated carbocycles. The number of benzene rings is 2. The van der Waals surface area contributed by atoms with Crippen LogP contribution < -0.4 is 5.73 Å². The lowest BCUT2D eigenvalue weighted by Gasteiger charge is -2.04. The summed E-state index contributed by atoms with van der Waals surface area (Å²) in [5, 5.41) is 0. The van der Waals surface area contributed by atoms with Crippen LogP contribution >= 0.6 is 15.9 Å². The second-order valence-corrected chi connectivity index (χ2v) is 6.12. The van der Waals surface area contributed by atoms with Gasteiger partial charge in [-0.3, -0.25) is 4.21 Å². The molecule has 0 heterocycles. The van der Waals surface area contributed by atoms with Crippen molar-refractivity contribution in [2.45, 2.75) is 10.6 Å². The van der Waals surface area contributed by atoms with Crippen molar-refractivity contribution in [3.05, 3.63) is 58.3 Å². The van der Waals surface area contributed by atoms with Gasteiger partial charge in [-0.15, -0.1) is 0 Å². The minimum atomic E-state index is -1.18. The highest BCUT2D eigenvalue weighted by Crippen LogP contribution is 2.20. The van der Waals surface area contributed by atoms with Crippen molar-refractivity contribution in [1.29, 1.82) is 0 Å². The molecular weight excluding hydrogens is 317 g/mol. The Morgan fingerprint density at radius 3 is 2.67 bits per heavy atom. The molecule has 0 bridgehead atoms. The first kappa shape index (κ1) is 13.2. The van der Waals surface area contributed by atoms with Gasteiger partial charge in [0.2, 0.25) is 0 Å². The van der Waals surface area contributed by atoms with Crippen LogP contribution in [-0.4, -0.2) is 4.21 Å². The SMILES string of the molecule is Nc1cccc(S(=O)Cc2ccc(F)c(Br)c2)c1. The summed E-state index contributed by atoms with van der Waals surface area (Å²) in [4.78, 5) is 0.676. The Kier molecular flexibility index (Phi) is 4.14. The van der Waals surface area contributed by atoms with Crippen molar-refractivity contribution in [3.63, 3.8) is 0 Å². The summed E-state index contributed by atoms with van der Waals surface area (Å²) in [7, 11) is -1.18. The lowest BCUT2D eigenvalue weighted by Crippen LogP contribution is -1.98. The molecule has 0 amide bonds. The van der Waals surface area contributed by atoms with Gasteiger partial charge < -0.3 is 5.73 Å². The minimum Gasteiger partial charge on any atom is -0.399 e. The molecule has 0 aliphatic heterocycles. The van der Waals surface area contributed by atoms with E-state index in [1.54, 1.807) is 36.4 Å². The first-order chi connectivity index (χ1) is 8.56. The highest BCUT2D eigenvalue weighted by atomic mass is 79.9. The fourth-order valence-corrected chi connectivity index (χ4v) is 3.09. The largest absolute Gasteiger partial charge is 0.399 e. The van der Waals surface area contributed by atoms with Gasteiger partial charge in [-0.1, -0.05) is 12.1 Å². The number of nitrogens with two attached hydrogens (primary N) is 1. The van der Waals surface area contributed by atoms with Crippen LogP contribution in [0.25, 0.3) is 0 Å². The van der Waals surface area contributed by atoms with Crippen molar-refractivity contribution in [1.82, 2.24) is 0 Å². The number of nitrogen functional groups attached to an aromatic ring is 1. The van der Waals surface area contributed by atoms with Crippen LogP contribution in [0, 0.1) is 5.82 Å². The van der Waals surface area contributed by atoms with Crippen LogP contribution in [0.5, 0.6) is 0 Å². The molecule has 1 unspecified atom stereocenters. The first-order valence-electron chi connectivity index (χ1n) is 5.24. The molecule has 2 N–H and O–H groups in total. The molecule has 0 aromatic heterocycles. The second-order valence-electron chi connectivity index (χ2n) is 3.81. The maximum Gasteiger partial charge on any atom is 0.137 e. The van der Waals surface area contributed by atoms with Crippen LogP contribution in [0.2, 0.25) is 0 Å². The fraction of sp³-hybridized carbons (Fsp3) is 0.0769. The van der Waals surface area contributed by atoms with Gasteiger partial charge in [-0.05, 0) is 51.8 Å². The van der Waals surface area contributed by atoms with Gasteiger partial charge in [-0.2, -0.15) is 0 Å². The molecule has 0 fully saturated rings. The smallest absolute Gasteiger partial charge is 0.137 e. The third kappa shape index (κ3) is 3.17. The lowest BCUT2D eigenvalue weighted by molar-refractivity contribution is 0.620. The van der Waals surface area contributed by atoms with Crippen molar-refractivity contribution in [2.75, 3.05) is 5.73 Å². The normalized spacial score (nSPS) is 12.3. The zero-order valence-corrected chi connectivity index (χ0v) is 11.8. The number of anilines is 1. The Hall–Kier alpha value is -1.20. The van der Waals surface area contributed by atoms with Gasteiger partial charge in [0.05, 0.1) is 21.0 Å². The molecule has 2 rings (SSSR count). The zero-order chi connectivity index (χ0) is 13.1. The number of halogens is 2. The van der Waals surface area contributed by atoms with E-state index in [2.05, 4.69) is 15.9 Å². The van der Waals surface area contributed by atoms with Crippen LogP contribution in [0.15, 0.2) is 51.8 Å². The molecule has 2 aromatic rings. The van der Waals surface area contributed by atoms with Crippen molar-refractivity contribution < 1.29 is 8.60 Å². The summed E-state index contributed by atoms with van der Waals surface area (Å²) >= 11 is 3.11. The molecule has 2 nitrogen and oxygen atoms in total. The second kappa shape index (κ2) is 5.63. The number of hydrogen-bond acceptors (Lipinski definition) is 2. The lowest BCUT2D eigenvalue weighted by atomic mass is 10.2. The molecule has 5 heteroatoms. The Labute approximate surface area is 116 Å². The van der Waals surface area contributed by atoms with E-state index in [0.29, 0.717) is 20.8 Å². The third-order valence-electron chi connectivity index (χ3n) is 2.40. The highest BCUT2D eigenvalue weighted by molar-refractivity contribution is 9.10. The predicted octanol–water partition coefficient (Wildman–Crippen LogP) is 3.48. The Bertz CT molecular complexity index is 603. The average Bonchev–Trinajstić information content (AvgIpc) is 2.34. The summed E-state index contributed by atoms with van der Waals surface area (Å²) in [5.74, 6) is 0.0102. The maximum absolute atomic E-state index is 13.1. The molecule has 1 atom stereocenters. The quantitative estimate of drug-likeness (QED) is 0.877. The van der Waals surface area contributed by atoms with Gasteiger partial charge in [0.15, 0.2) is 0 Å². The summed E-state index contributed by atoms with van der Waals surface area (Å²) in [6, 6.07) is 11.6. The van der Waals surface area contributed by atoms with E-state index in [1.165, 1.54) is 6.07 Å². The van der Waals surface area contributed by atoms with Crippen LogP contribution in [-0.2, 0) is 16.6 Å². The highest BCUT2D eigenvalue weighted by Gasteiger charge is 2.07. The van der Waals surface area contributed by atoms with Gasteiger partial charge in [0.25, 0.3) is 0 Å². The van der Waals surface area contributed by atoms with E-state index in [4.69, 9.17) is 5.73 Å². The van der Waals surface area contributed by atoms with E-state index in [0.717, 1.165) is 5.56 Å². The zero-order valence-electron chi connectivity index (χ0n) is 9.40. The molecular formula is C13H11BrFNOS. The minimum absolute atomic E-state index is 0.325. The molecule has 0 spiro atoms. The van der Waals surface area contributed by atoms with E-state index >= 15 is 0 Å². The van der Waals surface area contributed by atoms with Crippen LogP contribution in [0.3, 0.4) is 0 Å². The van der Waals surface area contributed by atoms with Crippen molar-refractivity contribution in [3.8, 4) is 0 Å². The molecule has 0 radical (unpaired) electrons. The third-order valence-corrected chi connectivity index (χ3v) is 4.39. The van der Waals surface area contributed by atoms with Gasteiger partial charge in [0, 0.05) is 10.6 Å². The first-order valence-corrected chi connectivity index (χ1v) is 7.35. The summed E-state index contributed by atoms with van der Waals surface area (Å²) < 4.78 is 25.6. The van der Waals surface area contributed by atoms with Crippen molar-refractivity contribution in [2.24, 2.45) is 0 Å². The summed E-state index contributed by atoms with van der Waals surface area (Å²) in [5.41, 5.74) is 7.04. The standard InChI is InChI=1S/C13H11BrFNOS/c14-12-6-9(4-5-13(12)15)8-18(17)11-3-1-2-10(16)7-11/h1-7H,8,16H2. The summed E-state index contributed by atoms with van der Waals surface area (Å²) in [6.07, 6.45) is 0. The molecule has 0 aliphatic rings. The summed E-state index contributed by atoms with van der Waals surface area (Å²) in [6.45, 7) is 0. The fourth-order valence-electron chi connectivity index (χ4n) is 1.52. The Morgan fingerprint density at radius 1 is 1.22 bits per heavy atom. The number of rotatable bonds is 3. The van der Waals surface area contributed by atoms with E-state index in [1.807, 2.05) is 0 Å². The molecule has 2 aromatic carbocycles. The Balaban J connectivity index is 2.18. The monoisotopic (exact) mass is 327 g/mol. The van der Waals surface area contributed by atoms with Gasteiger partial charge >= 0.3 is 0 Å². The predicted molar refractivity (Wildman–Crippen MR) is 75.1 cm³/mol. The van der Waals surface area contributed by atoms with Crippen molar-refractivity contribution >= 4 is 32.4 Å². The Morgan fingerprint density at radius 2 is 2.00 bits per heavy atom. The molecule has 0 aliphatic carbocycles.